The van der Waals surface area contributed by atoms with Crippen LogP contribution in [0.4, 0.5) is 0 Å². The van der Waals surface area contributed by atoms with Crippen LogP contribution in [-0.4, -0.2) is 25.7 Å². The molecule has 114 valence electrons. The molecule has 0 fully saturated rings. The van der Waals surface area contributed by atoms with Crippen LogP contribution < -0.4 is 5.32 Å². The lowest BCUT2D eigenvalue weighted by molar-refractivity contribution is 0.0645. The van der Waals surface area contributed by atoms with E-state index in [1.807, 2.05) is 13.1 Å². The minimum Gasteiger partial charge on any atom is -0.374 e. The molecule has 0 bridgehead atoms. The number of aromatic nitrogens is 1. The van der Waals surface area contributed by atoms with E-state index in [4.69, 9.17) is 9.72 Å². The maximum absolute atomic E-state index is 5.64. The highest BCUT2D eigenvalue weighted by Crippen LogP contribution is 2.35. The molecule has 1 atom stereocenters. The summed E-state index contributed by atoms with van der Waals surface area (Å²) in [5.41, 5.74) is 2.29. The summed E-state index contributed by atoms with van der Waals surface area (Å²) in [6.45, 7) is 5.30. The fraction of sp³-hybridized carbons (Fsp3) is 0.471. The molecule has 4 heteroatoms. The molecule has 1 aromatic heterocycles. The molecule has 0 aliphatic heterocycles. The van der Waals surface area contributed by atoms with Crippen LogP contribution >= 0.6 is 11.3 Å². The molecule has 0 radical (unpaired) electrons. The van der Waals surface area contributed by atoms with Gasteiger partial charge in [0.15, 0.2) is 0 Å². The molecule has 0 spiro atoms. The molecule has 2 rings (SSSR count). The number of nitrogens with zero attached hydrogens (tertiary/aromatic N) is 1. The van der Waals surface area contributed by atoms with Gasteiger partial charge in [-0.3, -0.25) is 0 Å². The second-order valence-electron chi connectivity index (χ2n) is 5.44. The van der Waals surface area contributed by atoms with E-state index in [0.717, 1.165) is 23.7 Å². The zero-order valence-corrected chi connectivity index (χ0v) is 14.0. The van der Waals surface area contributed by atoms with Gasteiger partial charge in [-0.25, -0.2) is 4.98 Å². The number of likely N-dealkylation sites (N-methyl/N-ethyl adjacent to an activating group) is 1. The summed E-state index contributed by atoms with van der Waals surface area (Å²) in [6.07, 6.45) is 1.06. The maximum atomic E-state index is 5.64. The van der Waals surface area contributed by atoms with Crippen molar-refractivity contribution in [1.82, 2.24) is 10.3 Å². The van der Waals surface area contributed by atoms with Gasteiger partial charge in [-0.1, -0.05) is 44.2 Å². The Labute approximate surface area is 131 Å². The number of hydrogen-bond donors (Lipinski definition) is 1. The zero-order chi connectivity index (χ0) is 15.2. The first-order valence-electron chi connectivity index (χ1n) is 7.39. The topological polar surface area (TPSA) is 34.1 Å². The van der Waals surface area contributed by atoms with Crippen LogP contribution in [0.5, 0.6) is 0 Å². The minimum absolute atomic E-state index is 0.0702. The minimum atomic E-state index is 0.0702. The van der Waals surface area contributed by atoms with Crippen LogP contribution in [-0.2, 0) is 11.2 Å². The summed E-state index contributed by atoms with van der Waals surface area (Å²) in [5.74, 6) is 0.418. The van der Waals surface area contributed by atoms with Crippen molar-refractivity contribution in [2.24, 2.45) is 5.92 Å². The molecule has 0 aliphatic rings. The number of hydrogen-bond acceptors (Lipinski definition) is 4. The zero-order valence-electron chi connectivity index (χ0n) is 13.2. The summed E-state index contributed by atoms with van der Waals surface area (Å²) in [6, 6.07) is 10.4. The van der Waals surface area contributed by atoms with Crippen LogP contribution in [0.3, 0.4) is 0 Å². The number of rotatable bonds is 7. The van der Waals surface area contributed by atoms with E-state index in [1.165, 1.54) is 10.4 Å². The quantitative estimate of drug-likeness (QED) is 0.842. The van der Waals surface area contributed by atoms with E-state index >= 15 is 0 Å². The molecule has 1 unspecified atom stereocenters. The third-order valence-corrected chi connectivity index (χ3v) is 4.64. The Morgan fingerprint density at radius 1 is 1.24 bits per heavy atom. The monoisotopic (exact) mass is 304 g/mol. The number of methoxy groups -OCH3 is 1. The third-order valence-electron chi connectivity index (χ3n) is 3.47. The highest BCUT2D eigenvalue weighted by molar-refractivity contribution is 7.12. The van der Waals surface area contributed by atoms with Crippen molar-refractivity contribution < 1.29 is 4.74 Å². The Morgan fingerprint density at radius 3 is 2.52 bits per heavy atom. The van der Waals surface area contributed by atoms with Crippen molar-refractivity contribution in [2.45, 2.75) is 26.4 Å². The average Bonchev–Trinajstić information content (AvgIpc) is 2.90. The van der Waals surface area contributed by atoms with Gasteiger partial charge in [-0.15, -0.1) is 11.3 Å². The predicted molar refractivity (Wildman–Crippen MR) is 89.8 cm³/mol. The summed E-state index contributed by atoms with van der Waals surface area (Å²) in [4.78, 5) is 6.22. The summed E-state index contributed by atoms with van der Waals surface area (Å²) in [7, 11) is 3.75. The van der Waals surface area contributed by atoms with Crippen LogP contribution in [0.25, 0.3) is 11.3 Å². The second kappa shape index (κ2) is 7.69. The van der Waals surface area contributed by atoms with E-state index < -0.39 is 0 Å². The van der Waals surface area contributed by atoms with Gasteiger partial charge in [0.25, 0.3) is 0 Å². The molecule has 1 heterocycles. The lowest BCUT2D eigenvalue weighted by atomic mass is 10.1. The molecule has 2 aromatic rings. The molecular weight excluding hydrogens is 280 g/mol. The number of thiazole rings is 1. The number of nitrogens with one attached hydrogen (secondary N) is 1. The molecule has 0 saturated carbocycles. The Balaban J connectivity index is 2.40. The Bertz CT molecular complexity index is 551. The molecule has 0 saturated heterocycles. The van der Waals surface area contributed by atoms with E-state index in [2.05, 4.69) is 43.4 Å². The van der Waals surface area contributed by atoms with Gasteiger partial charge in [0.1, 0.15) is 11.1 Å². The lowest BCUT2D eigenvalue weighted by Gasteiger charge is -2.16. The first kappa shape index (κ1) is 16.1. The van der Waals surface area contributed by atoms with E-state index in [-0.39, 0.29) is 6.10 Å². The Morgan fingerprint density at radius 2 is 1.95 bits per heavy atom. The first-order valence-corrected chi connectivity index (χ1v) is 8.21. The normalized spacial score (nSPS) is 12.8. The van der Waals surface area contributed by atoms with Gasteiger partial charge in [-0.2, -0.15) is 0 Å². The number of ether oxygens (including phenoxy) is 1. The third kappa shape index (κ3) is 3.90. The lowest BCUT2D eigenvalue weighted by Crippen LogP contribution is -2.09. The van der Waals surface area contributed by atoms with Gasteiger partial charge in [0, 0.05) is 17.6 Å². The van der Waals surface area contributed by atoms with Crippen LogP contribution in [0.2, 0.25) is 0 Å². The van der Waals surface area contributed by atoms with Crippen molar-refractivity contribution in [3.63, 3.8) is 0 Å². The van der Waals surface area contributed by atoms with Crippen molar-refractivity contribution in [3.05, 3.63) is 40.2 Å². The van der Waals surface area contributed by atoms with Gasteiger partial charge in [-0.05, 0) is 25.9 Å². The molecule has 1 aromatic carbocycles. The molecule has 0 aliphatic carbocycles. The molecule has 1 N–H and O–H groups in total. The van der Waals surface area contributed by atoms with Gasteiger partial charge in [0.2, 0.25) is 0 Å². The second-order valence-corrected chi connectivity index (χ2v) is 6.56. The van der Waals surface area contributed by atoms with Gasteiger partial charge < -0.3 is 10.1 Å². The number of benzene rings is 1. The summed E-state index contributed by atoms with van der Waals surface area (Å²) < 4.78 is 5.64. The van der Waals surface area contributed by atoms with Crippen molar-refractivity contribution >= 4 is 11.3 Å². The van der Waals surface area contributed by atoms with E-state index in [1.54, 1.807) is 18.4 Å². The predicted octanol–water partition coefficient (Wildman–Crippen LogP) is 3.92. The van der Waals surface area contributed by atoms with Crippen molar-refractivity contribution in [1.29, 1.82) is 0 Å². The van der Waals surface area contributed by atoms with Crippen LogP contribution in [0.1, 0.15) is 29.8 Å². The molecule has 0 amide bonds. The summed E-state index contributed by atoms with van der Waals surface area (Å²) >= 11 is 1.78. The van der Waals surface area contributed by atoms with Crippen LogP contribution in [0.15, 0.2) is 30.3 Å². The average molecular weight is 304 g/mol. The molecule has 21 heavy (non-hydrogen) atoms. The Kier molecular flexibility index (Phi) is 5.91. The SMILES string of the molecule is CNCCc1sc(C(OC)C(C)C)nc1-c1ccccc1. The first-order chi connectivity index (χ1) is 10.2. The largest absolute Gasteiger partial charge is 0.374 e. The standard InChI is InChI=1S/C17H24N2OS/c1-12(2)16(20-4)17-19-15(13-8-6-5-7-9-13)14(21-17)10-11-18-3/h5-9,12,16,18H,10-11H2,1-4H3. The van der Waals surface area contributed by atoms with Crippen molar-refractivity contribution in [2.75, 3.05) is 20.7 Å². The van der Waals surface area contributed by atoms with Crippen molar-refractivity contribution in [3.8, 4) is 11.3 Å². The molecular formula is C17H24N2OS. The maximum Gasteiger partial charge on any atom is 0.123 e. The van der Waals surface area contributed by atoms with Gasteiger partial charge >= 0.3 is 0 Å². The van der Waals surface area contributed by atoms with Gasteiger partial charge in [0.05, 0.1) is 5.69 Å². The van der Waals surface area contributed by atoms with E-state index in [0.29, 0.717) is 5.92 Å². The summed E-state index contributed by atoms with van der Waals surface area (Å²) in [5, 5.41) is 4.30. The van der Waals surface area contributed by atoms with E-state index in [9.17, 15) is 0 Å². The molecule has 3 nitrogen and oxygen atoms in total. The van der Waals surface area contributed by atoms with Crippen LogP contribution in [0, 0.1) is 5.92 Å². The smallest absolute Gasteiger partial charge is 0.123 e. The fourth-order valence-corrected chi connectivity index (χ4v) is 3.72. The fourth-order valence-electron chi connectivity index (χ4n) is 2.38. The highest BCUT2D eigenvalue weighted by Gasteiger charge is 2.22. The highest BCUT2D eigenvalue weighted by atomic mass is 32.1. The Hall–Kier alpha value is -1.23.